The van der Waals surface area contributed by atoms with Crippen LogP contribution < -0.4 is 5.73 Å². The number of hydrogen-bond donors (Lipinski definition) is 1. The van der Waals surface area contributed by atoms with E-state index in [9.17, 15) is 0 Å². The van der Waals surface area contributed by atoms with Crippen molar-refractivity contribution in [3.8, 4) is 0 Å². The molecule has 0 radical (unpaired) electrons. The lowest BCUT2D eigenvalue weighted by molar-refractivity contribution is 0.206. The zero-order valence-corrected chi connectivity index (χ0v) is 14.0. The van der Waals surface area contributed by atoms with Gasteiger partial charge in [-0.3, -0.25) is 4.90 Å². The molecule has 0 fully saturated rings. The largest absolute Gasteiger partial charge is 0.326 e. The van der Waals surface area contributed by atoms with Gasteiger partial charge in [0.2, 0.25) is 0 Å². The smallest absolute Gasteiger partial charge is 0.0496 e. The van der Waals surface area contributed by atoms with Crippen molar-refractivity contribution in [2.24, 2.45) is 5.73 Å². The van der Waals surface area contributed by atoms with Gasteiger partial charge in [0.25, 0.3) is 0 Å². The molecule has 2 nitrogen and oxygen atoms in total. The number of nitrogens with zero attached hydrogens (tertiary/aromatic N) is 1. The van der Waals surface area contributed by atoms with Crippen LogP contribution in [-0.2, 0) is 0 Å². The Balaban J connectivity index is 2.79. The molecule has 0 saturated heterocycles. The molecule has 1 aromatic carbocycles. The summed E-state index contributed by atoms with van der Waals surface area (Å²) in [5.41, 5.74) is 7.66. The molecule has 19 heavy (non-hydrogen) atoms. The van der Waals surface area contributed by atoms with E-state index in [0.29, 0.717) is 6.04 Å². The summed E-state index contributed by atoms with van der Waals surface area (Å²) >= 11 is 3.49. The molecule has 2 unspecified atom stereocenters. The maximum atomic E-state index is 6.34. The zero-order chi connectivity index (χ0) is 14.3. The zero-order valence-electron chi connectivity index (χ0n) is 12.4. The van der Waals surface area contributed by atoms with Crippen LogP contribution in [0.3, 0.4) is 0 Å². The molecular weight excluding hydrogens is 300 g/mol. The highest BCUT2D eigenvalue weighted by atomic mass is 79.9. The Morgan fingerprint density at radius 1 is 1.16 bits per heavy atom. The number of nitrogens with two attached hydrogens (primary N) is 1. The van der Waals surface area contributed by atoms with Crippen molar-refractivity contribution in [3.05, 3.63) is 34.3 Å². The summed E-state index contributed by atoms with van der Waals surface area (Å²) in [6.45, 7) is 5.52. The van der Waals surface area contributed by atoms with Crippen LogP contribution in [-0.4, -0.2) is 24.5 Å². The lowest BCUT2D eigenvalue weighted by atomic mass is 9.96. The lowest BCUT2D eigenvalue weighted by Gasteiger charge is -2.33. The molecular formula is C16H27BrN2. The minimum Gasteiger partial charge on any atom is -0.326 e. The van der Waals surface area contributed by atoms with Gasteiger partial charge in [-0.1, -0.05) is 54.8 Å². The van der Waals surface area contributed by atoms with Gasteiger partial charge in [0.05, 0.1) is 0 Å². The fourth-order valence-electron chi connectivity index (χ4n) is 2.46. The highest BCUT2D eigenvalue weighted by Gasteiger charge is 2.22. The van der Waals surface area contributed by atoms with E-state index in [1.807, 2.05) is 0 Å². The lowest BCUT2D eigenvalue weighted by Crippen LogP contribution is -2.39. The number of likely N-dealkylation sites (N-methyl/N-ethyl adjacent to an activating group) is 1. The van der Waals surface area contributed by atoms with Gasteiger partial charge in [-0.25, -0.2) is 0 Å². The van der Waals surface area contributed by atoms with Crippen molar-refractivity contribution in [2.45, 2.75) is 51.6 Å². The number of rotatable bonds is 8. The molecule has 0 heterocycles. The van der Waals surface area contributed by atoms with E-state index in [1.54, 1.807) is 0 Å². The first kappa shape index (κ1) is 16.7. The van der Waals surface area contributed by atoms with Crippen molar-refractivity contribution in [2.75, 3.05) is 13.6 Å². The summed E-state index contributed by atoms with van der Waals surface area (Å²) in [6.07, 6.45) is 4.80. The van der Waals surface area contributed by atoms with Gasteiger partial charge in [-0.2, -0.15) is 0 Å². The first-order valence-corrected chi connectivity index (χ1v) is 8.10. The minimum atomic E-state index is 0.188. The SMILES string of the molecule is CCCCCN(C)C(c1ccc(Br)cc1)C(N)CC. The third kappa shape index (κ3) is 5.25. The van der Waals surface area contributed by atoms with Gasteiger partial charge >= 0.3 is 0 Å². The van der Waals surface area contributed by atoms with Crippen molar-refractivity contribution < 1.29 is 0 Å². The second-order valence-electron chi connectivity index (χ2n) is 5.26. The number of benzene rings is 1. The normalized spacial score (nSPS) is 14.6. The molecule has 2 N–H and O–H groups in total. The van der Waals surface area contributed by atoms with Crippen LogP contribution in [0.2, 0.25) is 0 Å². The highest BCUT2D eigenvalue weighted by Crippen LogP contribution is 2.25. The van der Waals surface area contributed by atoms with Gasteiger partial charge in [0.1, 0.15) is 0 Å². The summed E-state index contributed by atoms with van der Waals surface area (Å²) < 4.78 is 1.12. The Morgan fingerprint density at radius 3 is 2.32 bits per heavy atom. The molecule has 0 aliphatic rings. The predicted octanol–water partition coefficient (Wildman–Crippen LogP) is 4.35. The summed E-state index contributed by atoms with van der Waals surface area (Å²) in [6, 6.07) is 9.07. The molecule has 108 valence electrons. The van der Waals surface area contributed by atoms with Crippen molar-refractivity contribution in [3.63, 3.8) is 0 Å². The highest BCUT2D eigenvalue weighted by molar-refractivity contribution is 9.10. The van der Waals surface area contributed by atoms with Gasteiger partial charge in [-0.15, -0.1) is 0 Å². The quantitative estimate of drug-likeness (QED) is 0.719. The first-order valence-electron chi connectivity index (χ1n) is 7.31. The Hall–Kier alpha value is -0.380. The van der Waals surface area contributed by atoms with E-state index in [-0.39, 0.29) is 6.04 Å². The fourth-order valence-corrected chi connectivity index (χ4v) is 2.73. The predicted molar refractivity (Wildman–Crippen MR) is 87.3 cm³/mol. The molecule has 0 aliphatic carbocycles. The summed E-state index contributed by atoms with van der Waals surface area (Å²) in [5, 5.41) is 0. The first-order chi connectivity index (χ1) is 9.10. The van der Waals surface area contributed by atoms with E-state index in [2.05, 4.69) is 66.0 Å². The van der Waals surface area contributed by atoms with Crippen LogP contribution in [0.15, 0.2) is 28.7 Å². The van der Waals surface area contributed by atoms with Crippen LogP contribution in [0, 0.1) is 0 Å². The molecule has 0 saturated carbocycles. The summed E-state index contributed by atoms with van der Waals surface area (Å²) in [5.74, 6) is 0. The Bertz CT molecular complexity index is 350. The number of halogens is 1. The fraction of sp³-hybridized carbons (Fsp3) is 0.625. The average molecular weight is 327 g/mol. The van der Waals surface area contributed by atoms with Crippen LogP contribution in [0.4, 0.5) is 0 Å². The van der Waals surface area contributed by atoms with Crippen LogP contribution in [0.5, 0.6) is 0 Å². The molecule has 2 atom stereocenters. The third-order valence-corrected chi connectivity index (χ3v) is 4.21. The second-order valence-corrected chi connectivity index (χ2v) is 6.17. The molecule has 1 aromatic rings. The molecule has 0 bridgehead atoms. The van der Waals surface area contributed by atoms with Crippen molar-refractivity contribution in [1.82, 2.24) is 4.90 Å². The standard InChI is InChI=1S/C16H27BrN2/c1-4-6-7-12-19(3)16(15(18)5-2)13-8-10-14(17)11-9-13/h8-11,15-16H,4-7,12,18H2,1-3H3. The topological polar surface area (TPSA) is 29.3 Å². The molecule has 0 aromatic heterocycles. The van der Waals surface area contributed by atoms with E-state index in [1.165, 1.54) is 24.8 Å². The maximum Gasteiger partial charge on any atom is 0.0496 e. The van der Waals surface area contributed by atoms with E-state index in [0.717, 1.165) is 17.4 Å². The van der Waals surface area contributed by atoms with Crippen molar-refractivity contribution in [1.29, 1.82) is 0 Å². The Kier molecular flexibility index (Phi) is 7.66. The Labute approximate surface area is 126 Å². The molecule has 0 amide bonds. The minimum absolute atomic E-state index is 0.188. The second kappa shape index (κ2) is 8.72. The monoisotopic (exact) mass is 326 g/mol. The number of hydrogen-bond acceptors (Lipinski definition) is 2. The summed E-state index contributed by atoms with van der Waals surface area (Å²) in [4.78, 5) is 2.41. The maximum absolute atomic E-state index is 6.34. The molecule has 0 aliphatic heterocycles. The van der Waals surface area contributed by atoms with Crippen LogP contribution >= 0.6 is 15.9 Å². The van der Waals surface area contributed by atoms with Gasteiger partial charge in [0, 0.05) is 16.6 Å². The third-order valence-electron chi connectivity index (χ3n) is 3.68. The van der Waals surface area contributed by atoms with E-state index < -0.39 is 0 Å². The van der Waals surface area contributed by atoms with Gasteiger partial charge in [0.15, 0.2) is 0 Å². The van der Waals surface area contributed by atoms with Crippen LogP contribution in [0.25, 0.3) is 0 Å². The van der Waals surface area contributed by atoms with Gasteiger partial charge in [-0.05, 0) is 44.1 Å². The van der Waals surface area contributed by atoms with E-state index in [4.69, 9.17) is 5.73 Å². The molecule has 3 heteroatoms. The molecule has 0 spiro atoms. The average Bonchev–Trinajstić information content (AvgIpc) is 2.41. The van der Waals surface area contributed by atoms with E-state index >= 15 is 0 Å². The van der Waals surface area contributed by atoms with Crippen LogP contribution in [0.1, 0.15) is 51.1 Å². The molecule has 1 rings (SSSR count). The van der Waals surface area contributed by atoms with Crippen molar-refractivity contribution >= 4 is 15.9 Å². The van der Waals surface area contributed by atoms with Gasteiger partial charge < -0.3 is 5.73 Å². The Morgan fingerprint density at radius 2 is 1.79 bits per heavy atom. The number of unbranched alkanes of at least 4 members (excludes halogenated alkanes) is 2. The summed E-state index contributed by atoms with van der Waals surface area (Å²) in [7, 11) is 2.19.